The highest BCUT2D eigenvalue weighted by molar-refractivity contribution is 6.31. The molecule has 0 radical (unpaired) electrons. The van der Waals surface area contributed by atoms with Crippen LogP contribution >= 0.6 is 23.2 Å². The Morgan fingerprint density at radius 2 is 1.71 bits per heavy atom. The molecule has 1 fully saturated rings. The molecule has 2 aromatic carbocycles. The van der Waals surface area contributed by atoms with Crippen LogP contribution in [0.3, 0.4) is 0 Å². The van der Waals surface area contributed by atoms with Crippen LogP contribution in [-0.2, 0) is 0 Å². The van der Waals surface area contributed by atoms with E-state index in [9.17, 15) is 14.0 Å². The number of carbonyl (C=O) groups excluding carboxylic acids is 2. The van der Waals surface area contributed by atoms with Gasteiger partial charge < -0.3 is 20.4 Å². The molecule has 0 spiro atoms. The van der Waals surface area contributed by atoms with Crippen LogP contribution in [0.1, 0.15) is 16.8 Å². The molecule has 10 heteroatoms. The minimum atomic E-state index is -0.558. The van der Waals surface area contributed by atoms with E-state index < -0.39 is 11.8 Å². The molecule has 1 aliphatic heterocycles. The quantitative estimate of drug-likeness (QED) is 0.493. The molecule has 176 valence electrons. The number of nitrogens with one attached hydrogen (secondary N) is 2. The Hall–Kier alpha value is -3.36. The van der Waals surface area contributed by atoms with Crippen molar-refractivity contribution in [2.45, 2.75) is 6.42 Å². The number of pyridine rings is 1. The van der Waals surface area contributed by atoms with Gasteiger partial charge in [0, 0.05) is 42.5 Å². The first kappa shape index (κ1) is 23.8. The average molecular weight is 502 g/mol. The van der Waals surface area contributed by atoms with Crippen LogP contribution < -0.4 is 15.5 Å². The first-order valence-corrected chi connectivity index (χ1v) is 11.4. The highest BCUT2D eigenvalue weighted by atomic mass is 35.5. The summed E-state index contributed by atoms with van der Waals surface area (Å²) < 4.78 is 13.3. The van der Waals surface area contributed by atoms with E-state index in [2.05, 4.69) is 20.5 Å². The van der Waals surface area contributed by atoms with Crippen molar-refractivity contribution < 1.29 is 14.0 Å². The van der Waals surface area contributed by atoms with E-state index in [0.29, 0.717) is 41.6 Å². The summed E-state index contributed by atoms with van der Waals surface area (Å²) >= 11 is 11.8. The Labute approximate surface area is 206 Å². The monoisotopic (exact) mass is 501 g/mol. The molecule has 3 amide bonds. The summed E-state index contributed by atoms with van der Waals surface area (Å²) in [5.41, 5.74) is 1.45. The number of aromatic nitrogens is 1. The van der Waals surface area contributed by atoms with Crippen LogP contribution in [0.4, 0.5) is 26.4 Å². The van der Waals surface area contributed by atoms with E-state index in [4.69, 9.17) is 23.2 Å². The largest absolute Gasteiger partial charge is 0.355 e. The van der Waals surface area contributed by atoms with E-state index in [1.165, 1.54) is 18.2 Å². The third-order valence-corrected chi connectivity index (χ3v) is 5.89. The van der Waals surface area contributed by atoms with E-state index >= 15 is 0 Å². The maximum absolute atomic E-state index is 13.3. The molecule has 1 aromatic heterocycles. The Kier molecular flexibility index (Phi) is 7.49. The number of halogens is 3. The van der Waals surface area contributed by atoms with Gasteiger partial charge >= 0.3 is 6.03 Å². The van der Waals surface area contributed by atoms with E-state index in [1.807, 2.05) is 11.0 Å². The predicted molar refractivity (Wildman–Crippen MR) is 132 cm³/mol. The summed E-state index contributed by atoms with van der Waals surface area (Å²) in [5.74, 6) is 0.163. The number of anilines is 3. The van der Waals surface area contributed by atoms with Crippen LogP contribution in [-0.4, -0.2) is 48.0 Å². The van der Waals surface area contributed by atoms with Crippen molar-refractivity contribution in [2.24, 2.45) is 0 Å². The second kappa shape index (κ2) is 10.7. The van der Waals surface area contributed by atoms with Crippen LogP contribution in [0.5, 0.6) is 0 Å². The third kappa shape index (κ3) is 5.95. The van der Waals surface area contributed by atoms with Crippen LogP contribution in [0.15, 0.2) is 60.8 Å². The van der Waals surface area contributed by atoms with Gasteiger partial charge in [-0.05, 0) is 55.0 Å². The number of urea groups is 1. The van der Waals surface area contributed by atoms with Gasteiger partial charge in [0.15, 0.2) is 0 Å². The molecule has 2 heterocycles. The van der Waals surface area contributed by atoms with E-state index in [1.54, 1.807) is 36.5 Å². The Bertz CT molecular complexity index is 1190. The fourth-order valence-corrected chi connectivity index (χ4v) is 4.04. The lowest BCUT2D eigenvalue weighted by Gasteiger charge is -2.23. The minimum Gasteiger partial charge on any atom is -0.355 e. The maximum atomic E-state index is 13.3. The Morgan fingerprint density at radius 3 is 2.44 bits per heavy atom. The number of amides is 3. The molecular weight excluding hydrogens is 480 g/mol. The van der Waals surface area contributed by atoms with E-state index in [-0.39, 0.29) is 10.9 Å². The standard InChI is InChI=1S/C24H22Cl2FN5O2/c25-17-4-1-3-16(13-17)23(33)32-10-2-9-31(11-12-32)22-8-6-19(15-28-22)30-24(34)29-18-5-7-21(27)20(26)14-18/h1,3-8,13-15H,2,9-12H2,(H2,29,30,34). The first-order valence-electron chi connectivity index (χ1n) is 10.7. The molecule has 7 nitrogen and oxygen atoms in total. The number of benzene rings is 2. The lowest BCUT2D eigenvalue weighted by molar-refractivity contribution is 0.0767. The zero-order valence-electron chi connectivity index (χ0n) is 18.1. The fourth-order valence-electron chi connectivity index (χ4n) is 3.67. The van der Waals surface area contributed by atoms with Crippen LogP contribution in [0.2, 0.25) is 10.0 Å². The second-order valence-electron chi connectivity index (χ2n) is 7.76. The molecular formula is C24H22Cl2FN5O2. The summed E-state index contributed by atoms with van der Waals surface area (Å²) in [7, 11) is 0. The van der Waals surface area contributed by atoms with Crippen molar-refractivity contribution >= 4 is 52.3 Å². The van der Waals surface area contributed by atoms with Crippen molar-refractivity contribution in [1.82, 2.24) is 9.88 Å². The summed E-state index contributed by atoms with van der Waals surface area (Å²) in [5, 5.41) is 5.73. The number of hydrogen-bond donors (Lipinski definition) is 2. The molecule has 1 saturated heterocycles. The normalized spacial score (nSPS) is 13.9. The van der Waals surface area contributed by atoms with Gasteiger partial charge in [-0.25, -0.2) is 14.2 Å². The van der Waals surface area contributed by atoms with Crippen molar-refractivity contribution in [3.8, 4) is 0 Å². The second-order valence-corrected chi connectivity index (χ2v) is 8.60. The van der Waals surface area contributed by atoms with Crippen molar-refractivity contribution in [1.29, 1.82) is 0 Å². The number of carbonyl (C=O) groups is 2. The van der Waals surface area contributed by atoms with Gasteiger partial charge in [-0.15, -0.1) is 0 Å². The average Bonchev–Trinajstić information content (AvgIpc) is 3.08. The SMILES string of the molecule is O=C(Nc1ccc(N2CCCN(C(=O)c3cccc(Cl)c3)CC2)nc1)Nc1ccc(F)c(Cl)c1. The Balaban J connectivity index is 1.33. The third-order valence-electron chi connectivity index (χ3n) is 5.36. The molecule has 0 unspecified atom stereocenters. The van der Waals surface area contributed by atoms with Gasteiger partial charge in [0.25, 0.3) is 5.91 Å². The van der Waals surface area contributed by atoms with Gasteiger partial charge in [0.2, 0.25) is 0 Å². The molecule has 0 atom stereocenters. The van der Waals surface area contributed by atoms with Crippen molar-refractivity contribution in [3.63, 3.8) is 0 Å². The highest BCUT2D eigenvalue weighted by Crippen LogP contribution is 2.21. The molecule has 0 bridgehead atoms. The summed E-state index contributed by atoms with van der Waals surface area (Å²) in [6.45, 7) is 2.60. The lowest BCUT2D eigenvalue weighted by Crippen LogP contribution is -2.35. The van der Waals surface area contributed by atoms with Crippen molar-refractivity contribution in [3.05, 3.63) is 82.2 Å². The van der Waals surface area contributed by atoms with Gasteiger partial charge in [-0.1, -0.05) is 29.3 Å². The highest BCUT2D eigenvalue weighted by Gasteiger charge is 2.21. The summed E-state index contributed by atoms with van der Waals surface area (Å²) in [6, 6.07) is 14.0. The van der Waals surface area contributed by atoms with Crippen LogP contribution in [0, 0.1) is 5.82 Å². The zero-order chi connectivity index (χ0) is 24.1. The topological polar surface area (TPSA) is 77.6 Å². The van der Waals surface area contributed by atoms with Gasteiger partial charge in [0.1, 0.15) is 11.6 Å². The molecule has 2 N–H and O–H groups in total. The maximum Gasteiger partial charge on any atom is 0.323 e. The molecule has 0 saturated carbocycles. The summed E-state index contributed by atoms with van der Waals surface area (Å²) in [6.07, 6.45) is 2.36. The summed E-state index contributed by atoms with van der Waals surface area (Å²) in [4.78, 5) is 33.4. The Morgan fingerprint density at radius 1 is 0.912 bits per heavy atom. The van der Waals surface area contributed by atoms with Gasteiger partial charge in [-0.3, -0.25) is 4.79 Å². The number of hydrogen-bond acceptors (Lipinski definition) is 4. The van der Waals surface area contributed by atoms with E-state index in [0.717, 1.165) is 18.8 Å². The van der Waals surface area contributed by atoms with Gasteiger partial charge in [-0.2, -0.15) is 0 Å². The molecule has 3 aromatic rings. The molecule has 0 aliphatic carbocycles. The number of nitrogens with zero attached hydrogens (tertiary/aromatic N) is 3. The zero-order valence-corrected chi connectivity index (χ0v) is 19.6. The molecule has 34 heavy (non-hydrogen) atoms. The molecule has 1 aliphatic rings. The van der Waals surface area contributed by atoms with Gasteiger partial charge in [0.05, 0.1) is 16.9 Å². The smallest absolute Gasteiger partial charge is 0.323 e. The predicted octanol–water partition coefficient (Wildman–Crippen LogP) is 5.52. The van der Waals surface area contributed by atoms with Crippen LogP contribution in [0.25, 0.3) is 0 Å². The number of rotatable bonds is 4. The fraction of sp³-hybridized carbons (Fsp3) is 0.208. The van der Waals surface area contributed by atoms with Crippen molar-refractivity contribution in [2.75, 3.05) is 41.7 Å². The molecule has 4 rings (SSSR count). The minimum absolute atomic E-state index is 0.0367. The first-order chi connectivity index (χ1) is 16.4. The lowest BCUT2D eigenvalue weighted by atomic mass is 10.2.